The second-order valence-electron chi connectivity index (χ2n) is 7.84. The van der Waals surface area contributed by atoms with Gasteiger partial charge in [-0.25, -0.2) is 0 Å². The molecule has 3 heterocycles. The molecule has 138 valence electrons. The Bertz CT molecular complexity index is 689. The van der Waals surface area contributed by atoms with Crippen LogP contribution in [0.15, 0.2) is 23.1 Å². The van der Waals surface area contributed by atoms with Crippen LogP contribution in [-0.2, 0) is 11.8 Å². The predicted molar refractivity (Wildman–Crippen MR) is 94.5 cm³/mol. The number of amides is 1. The molecule has 6 heteroatoms. The molecule has 2 aliphatic rings. The van der Waals surface area contributed by atoms with Crippen LogP contribution in [-0.4, -0.2) is 51.4 Å². The quantitative estimate of drug-likeness (QED) is 0.880. The second kappa shape index (κ2) is 6.92. The number of aromatic nitrogens is 1. The summed E-state index contributed by atoms with van der Waals surface area (Å²) in [7, 11) is 1.65. The fourth-order valence-electron chi connectivity index (χ4n) is 3.95. The van der Waals surface area contributed by atoms with Gasteiger partial charge in [-0.1, -0.05) is 13.8 Å². The van der Waals surface area contributed by atoms with E-state index in [4.69, 9.17) is 4.74 Å². The number of carbonyl (C=O) groups excluding carboxylic acids is 1. The maximum Gasteiger partial charge on any atom is 0.255 e. The number of pyridine rings is 1. The van der Waals surface area contributed by atoms with Crippen molar-refractivity contribution in [3.8, 4) is 0 Å². The number of carbonyl (C=O) groups is 1. The average molecular weight is 348 g/mol. The molecule has 0 bridgehead atoms. The molecule has 1 spiro atoms. The van der Waals surface area contributed by atoms with Crippen molar-refractivity contribution in [2.45, 2.75) is 57.3 Å². The van der Waals surface area contributed by atoms with E-state index in [1.165, 1.54) is 10.6 Å². The van der Waals surface area contributed by atoms with Crippen LogP contribution >= 0.6 is 0 Å². The molecule has 3 rings (SSSR count). The molecule has 0 aliphatic carbocycles. The zero-order valence-electron chi connectivity index (χ0n) is 15.3. The molecule has 2 aliphatic heterocycles. The molecule has 0 unspecified atom stereocenters. The Labute approximate surface area is 148 Å². The number of aryl methyl sites for hydroxylation is 1. The van der Waals surface area contributed by atoms with Gasteiger partial charge in [0.2, 0.25) is 5.56 Å². The number of likely N-dealkylation sites (tertiary alicyclic amines) is 1. The Morgan fingerprint density at radius 2 is 2.00 bits per heavy atom. The van der Waals surface area contributed by atoms with E-state index in [1.54, 1.807) is 19.3 Å². The summed E-state index contributed by atoms with van der Waals surface area (Å²) in [6.07, 6.45) is 4.17. The average Bonchev–Trinajstić information content (AvgIpc) is 2.56. The number of rotatable bonds is 2. The van der Waals surface area contributed by atoms with Crippen LogP contribution < -0.4 is 5.56 Å². The largest absolute Gasteiger partial charge is 0.393 e. The van der Waals surface area contributed by atoms with Gasteiger partial charge in [0, 0.05) is 38.8 Å². The lowest BCUT2D eigenvalue weighted by molar-refractivity contribution is -0.190. The summed E-state index contributed by atoms with van der Waals surface area (Å²) < 4.78 is 7.80. The summed E-state index contributed by atoms with van der Waals surface area (Å²) >= 11 is 0. The summed E-state index contributed by atoms with van der Waals surface area (Å²) in [4.78, 5) is 26.0. The van der Waals surface area contributed by atoms with Crippen molar-refractivity contribution < 1.29 is 14.6 Å². The molecule has 2 fully saturated rings. The van der Waals surface area contributed by atoms with E-state index in [1.807, 2.05) is 4.90 Å². The smallest absolute Gasteiger partial charge is 0.255 e. The Hall–Kier alpha value is -1.66. The fourth-order valence-corrected chi connectivity index (χ4v) is 3.95. The minimum atomic E-state index is -0.327. The SMILES string of the molecule is CC(C)[C@H]1C[C@@H](O)CC2(CCN(C(=O)c3ccc(=O)n(C)c3)CC2)O1. The maximum absolute atomic E-state index is 12.7. The minimum Gasteiger partial charge on any atom is -0.393 e. The molecular weight excluding hydrogens is 320 g/mol. The number of piperidine rings is 1. The highest BCUT2D eigenvalue weighted by Crippen LogP contribution is 2.39. The minimum absolute atomic E-state index is 0.0535. The Morgan fingerprint density at radius 1 is 1.32 bits per heavy atom. The van der Waals surface area contributed by atoms with Gasteiger partial charge in [-0.3, -0.25) is 9.59 Å². The Kier molecular flexibility index (Phi) is 5.02. The molecule has 0 saturated carbocycles. The van der Waals surface area contributed by atoms with Gasteiger partial charge in [0.15, 0.2) is 0 Å². The van der Waals surface area contributed by atoms with Crippen LogP contribution in [0.3, 0.4) is 0 Å². The van der Waals surface area contributed by atoms with E-state index in [0.717, 1.165) is 12.8 Å². The van der Waals surface area contributed by atoms with E-state index in [2.05, 4.69) is 13.8 Å². The lowest BCUT2D eigenvalue weighted by Gasteiger charge is -2.48. The molecule has 2 saturated heterocycles. The van der Waals surface area contributed by atoms with Crippen LogP contribution in [0.25, 0.3) is 0 Å². The van der Waals surface area contributed by atoms with Crippen LogP contribution in [0.4, 0.5) is 0 Å². The molecule has 0 radical (unpaired) electrons. The molecule has 6 nitrogen and oxygen atoms in total. The van der Waals surface area contributed by atoms with Crippen LogP contribution in [0.1, 0.15) is 49.9 Å². The molecular formula is C19H28N2O4. The van der Waals surface area contributed by atoms with E-state index in [-0.39, 0.29) is 29.3 Å². The van der Waals surface area contributed by atoms with Gasteiger partial charge >= 0.3 is 0 Å². The van der Waals surface area contributed by atoms with E-state index in [9.17, 15) is 14.7 Å². The summed E-state index contributed by atoms with van der Waals surface area (Å²) in [5.41, 5.74) is 0.0913. The molecule has 1 aromatic heterocycles. The van der Waals surface area contributed by atoms with Crippen molar-refractivity contribution in [2.24, 2.45) is 13.0 Å². The molecule has 25 heavy (non-hydrogen) atoms. The van der Waals surface area contributed by atoms with Crippen LogP contribution in [0.2, 0.25) is 0 Å². The second-order valence-corrected chi connectivity index (χ2v) is 7.84. The van der Waals surface area contributed by atoms with Gasteiger partial charge in [0.25, 0.3) is 5.91 Å². The zero-order valence-corrected chi connectivity index (χ0v) is 15.3. The first-order chi connectivity index (χ1) is 11.8. The van der Waals surface area contributed by atoms with Gasteiger partial charge < -0.3 is 19.3 Å². The number of ether oxygens (including phenoxy) is 1. The first-order valence-corrected chi connectivity index (χ1v) is 9.11. The lowest BCUT2D eigenvalue weighted by atomic mass is 9.80. The lowest BCUT2D eigenvalue weighted by Crippen LogP contribution is -2.54. The molecule has 1 aromatic rings. The van der Waals surface area contributed by atoms with Gasteiger partial charge in [-0.05, 0) is 31.2 Å². The normalized spacial score (nSPS) is 26.2. The predicted octanol–water partition coefficient (Wildman–Crippen LogP) is 1.56. The van der Waals surface area contributed by atoms with Crippen LogP contribution in [0.5, 0.6) is 0 Å². The summed E-state index contributed by atoms with van der Waals surface area (Å²) in [6.45, 7) is 5.46. The summed E-state index contributed by atoms with van der Waals surface area (Å²) in [6, 6.07) is 3.01. The molecule has 1 amide bonds. The number of hydrogen-bond donors (Lipinski definition) is 1. The molecule has 1 N–H and O–H groups in total. The highest BCUT2D eigenvalue weighted by atomic mass is 16.5. The third-order valence-electron chi connectivity index (χ3n) is 5.55. The first-order valence-electron chi connectivity index (χ1n) is 9.11. The maximum atomic E-state index is 12.7. The Balaban J connectivity index is 1.67. The first kappa shape index (κ1) is 18.1. The number of nitrogens with zero attached hydrogens (tertiary/aromatic N) is 2. The molecule has 2 atom stereocenters. The summed E-state index contributed by atoms with van der Waals surface area (Å²) in [5.74, 6) is 0.319. The van der Waals surface area contributed by atoms with Gasteiger partial charge in [0.1, 0.15) is 0 Å². The molecule has 0 aromatic carbocycles. The van der Waals surface area contributed by atoms with Gasteiger partial charge in [-0.15, -0.1) is 0 Å². The summed E-state index contributed by atoms with van der Waals surface area (Å²) in [5, 5.41) is 10.3. The van der Waals surface area contributed by atoms with E-state index >= 15 is 0 Å². The highest BCUT2D eigenvalue weighted by Gasteiger charge is 2.44. The van der Waals surface area contributed by atoms with Gasteiger partial charge in [0.05, 0.1) is 23.4 Å². The highest BCUT2D eigenvalue weighted by molar-refractivity contribution is 5.94. The van der Waals surface area contributed by atoms with E-state index in [0.29, 0.717) is 37.4 Å². The van der Waals surface area contributed by atoms with Crippen molar-refractivity contribution in [3.05, 3.63) is 34.2 Å². The van der Waals surface area contributed by atoms with Crippen molar-refractivity contribution >= 4 is 5.91 Å². The van der Waals surface area contributed by atoms with Crippen molar-refractivity contribution in [1.82, 2.24) is 9.47 Å². The standard InChI is InChI=1S/C19H28N2O4/c1-13(2)16-10-15(22)11-19(25-16)6-8-21(9-7-19)18(24)14-4-5-17(23)20(3)12-14/h4-5,12-13,15-16,22H,6-11H2,1-3H3/t15-,16-/m1/s1. The monoisotopic (exact) mass is 348 g/mol. The fraction of sp³-hybridized carbons (Fsp3) is 0.684. The van der Waals surface area contributed by atoms with Crippen molar-refractivity contribution in [2.75, 3.05) is 13.1 Å². The zero-order chi connectivity index (χ0) is 18.2. The third-order valence-corrected chi connectivity index (χ3v) is 5.55. The third kappa shape index (κ3) is 3.80. The van der Waals surface area contributed by atoms with E-state index < -0.39 is 0 Å². The number of aliphatic hydroxyl groups is 1. The van der Waals surface area contributed by atoms with Crippen molar-refractivity contribution in [3.63, 3.8) is 0 Å². The number of hydrogen-bond acceptors (Lipinski definition) is 4. The topological polar surface area (TPSA) is 71.8 Å². The number of aliphatic hydroxyl groups excluding tert-OH is 1. The Morgan fingerprint density at radius 3 is 2.60 bits per heavy atom. The van der Waals surface area contributed by atoms with Gasteiger partial charge in [-0.2, -0.15) is 0 Å². The van der Waals surface area contributed by atoms with Crippen molar-refractivity contribution in [1.29, 1.82) is 0 Å². The van der Waals surface area contributed by atoms with Crippen LogP contribution in [0, 0.1) is 5.92 Å².